The van der Waals surface area contributed by atoms with E-state index in [0.29, 0.717) is 35.6 Å². The van der Waals surface area contributed by atoms with Gasteiger partial charge in [0, 0.05) is 11.6 Å². The van der Waals surface area contributed by atoms with E-state index >= 15 is 0 Å². The molecule has 0 N–H and O–H groups in total. The first-order valence-electron chi connectivity index (χ1n) is 9.47. The fourth-order valence-electron chi connectivity index (χ4n) is 3.06. The largest absolute Gasteiger partial charge is 0.486 e. The molecule has 1 aliphatic rings. The Morgan fingerprint density at radius 1 is 1.27 bits per heavy atom. The SMILES string of the molecule is CCN(CC1COc2ccccc2O1)C(=O)CSc1nnnn1-c1cccc(Cl)c1. The first kappa shape index (κ1) is 20.5. The van der Waals surface area contributed by atoms with Gasteiger partial charge in [0.25, 0.3) is 0 Å². The summed E-state index contributed by atoms with van der Waals surface area (Å²) >= 11 is 7.33. The highest BCUT2D eigenvalue weighted by atomic mass is 35.5. The first-order chi connectivity index (χ1) is 14.6. The Balaban J connectivity index is 1.36. The lowest BCUT2D eigenvalue weighted by molar-refractivity contribution is -0.129. The lowest BCUT2D eigenvalue weighted by Crippen LogP contribution is -2.44. The Kier molecular flexibility index (Phi) is 6.39. The van der Waals surface area contributed by atoms with Crippen molar-refractivity contribution in [2.75, 3.05) is 25.4 Å². The van der Waals surface area contributed by atoms with Crippen molar-refractivity contribution in [2.24, 2.45) is 0 Å². The molecule has 156 valence electrons. The van der Waals surface area contributed by atoms with Gasteiger partial charge in [-0.15, -0.1) is 5.10 Å². The molecule has 1 aromatic heterocycles. The van der Waals surface area contributed by atoms with Crippen molar-refractivity contribution in [2.45, 2.75) is 18.2 Å². The fraction of sp³-hybridized carbons (Fsp3) is 0.300. The van der Waals surface area contributed by atoms with Crippen LogP contribution in [0.5, 0.6) is 11.5 Å². The highest BCUT2D eigenvalue weighted by Crippen LogP contribution is 2.31. The maximum atomic E-state index is 12.8. The van der Waals surface area contributed by atoms with Crippen LogP contribution in [0.25, 0.3) is 5.69 Å². The molecule has 0 spiro atoms. The predicted molar refractivity (Wildman–Crippen MR) is 113 cm³/mol. The summed E-state index contributed by atoms with van der Waals surface area (Å²) in [7, 11) is 0. The second-order valence-electron chi connectivity index (χ2n) is 6.57. The van der Waals surface area contributed by atoms with Crippen LogP contribution in [-0.2, 0) is 4.79 Å². The Morgan fingerprint density at radius 2 is 2.10 bits per heavy atom. The lowest BCUT2D eigenvalue weighted by atomic mass is 10.2. The van der Waals surface area contributed by atoms with Crippen LogP contribution in [0, 0.1) is 0 Å². The van der Waals surface area contributed by atoms with E-state index in [0.717, 1.165) is 11.4 Å². The average Bonchev–Trinajstić information content (AvgIpc) is 3.24. The monoisotopic (exact) mass is 445 g/mol. The molecule has 0 saturated carbocycles. The molecule has 3 aromatic rings. The third-order valence-corrected chi connectivity index (χ3v) is 5.68. The fourth-order valence-corrected chi connectivity index (χ4v) is 4.04. The highest BCUT2D eigenvalue weighted by molar-refractivity contribution is 7.99. The molecule has 2 heterocycles. The summed E-state index contributed by atoms with van der Waals surface area (Å²) in [6.45, 7) is 3.36. The number of amides is 1. The number of para-hydroxylation sites is 2. The van der Waals surface area contributed by atoms with Crippen LogP contribution in [0.2, 0.25) is 5.02 Å². The van der Waals surface area contributed by atoms with Gasteiger partial charge in [0.05, 0.1) is 18.0 Å². The molecular formula is C20H20ClN5O3S. The Bertz CT molecular complexity index is 1030. The van der Waals surface area contributed by atoms with Gasteiger partial charge >= 0.3 is 0 Å². The average molecular weight is 446 g/mol. The Hall–Kier alpha value is -2.78. The van der Waals surface area contributed by atoms with E-state index in [1.165, 1.54) is 11.8 Å². The van der Waals surface area contributed by atoms with Gasteiger partial charge in [-0.05, 0) is 47.7 Å². The van der Waals surface area contributed by atoms with E-state index in [-0.39, 0.29) is 17.8 Å². The number of nitrogens with zero attached hydrogens (tertiary/aromatic N) is 5. The van der Waals surface area contributed by atoms with Gasteiger partial charge in [-0.2, -0.15) is 4.68 Å². The van der Waals surface area contributed by atoms with Crippen molar-refractivity contribution < 1.29 is 14.3 Å². The number of hydrogen-bond donors (Lipinski definition) is 0. The topological polar surface area (TPSA) is 82.4 Å². The third kappa shape index (κ3) is 4.68. The molecule has 30 heavy (non-hydrogen) atoms. The number of benzene rings is 2. The summed E-state index contributed by atoms with van der Waals surface area (Å²) in [5.74, 6) is 1.61. The van der Waals surface area contributed by atoms with Crippen LogP contribution in [-0.4, -0.2) is 62.6 Å². The number of aromatic nitrogens is 4. The van der Waals surface area contributed by atoms with Crippen molar-refractivity contribution in [1.82, 2.24) is 25.1 Å². The zero-order valence-electron chi connectivity index (χ0n) is 16.3. The molecule has 4 rings (SSSR count). The number of ether oxygens (including phenoxy) is 2. The van der Waals surface area contributed by atoms with Crippen molar-refractivity contribution in [3.8, 4) is 17.2 Å². The summed E-state index contributed by atoms with van der Waals surface area (Å²) in [4.78, 5) is 14.6. The maximum absolute atomic E-state index is 12.8. The minimum Gasteiger partial charge on any atom is -0.486 e. The molecule has 2 aromatic carbocycles. The van der Waals surface area contributed by atoms with E-state index in [1.807, 2.05) is 43.3 Å². The van der Waals surface area contributed by atoms with Gasteiger partial charge < -0.3 is 14.4 Å². The van der Waals surface area contributed by atoms with Gasteiger partial charge in [-0.3, -0.25) is 4.79 Å². The van der Waals surface area contributed by atoms with Gasteiger partial charge in [0.1, 0.15) is 6.61 Å². The van der Waals surface area contributed by atoms with Gasteiger partial charge in [-0.1, -0.05) is 41.6 Å². The summed E-state index contributed by atoms with van der Waals surface area (Å²) in [6.07, 6.45) is -0.217. The molecule has 8 nitrogen and oxygen atoms in total. The van der Waals surface area contributed by atoms with Crippen molar-refractivity contribution in [3.63, 3.8) is 0 Å². The highest BCUT2D eigenvalue weighted by Gasteiger charge is 2.25. The van der Waals surface area contributed by atoms with E-state index < -0.39 is 0 Å². The molecule has 0 radical (unpaired) electrons. The van der Waals surface area contributed by atoms with E-state index in [1.54, 1.807) is 21.7 Å². The second-order valence-corrected chi connectivity index (χ2v) is 7.95. The molecule has 1 atom stereocenters. The number of halogens is 1. The number of hydrogen-bond acceptors (Lipinski definition) is 7. The summed E-state index contributed by atoms with van der Waals surface area (Å²) < 4.78 is 13.3. The number of carbonyl (C=O) groups excluding carboxylic acids is 1. The third-order valence-electron chi connectivity index (χ3n) is 4.54. The van der Waals surface area contributed by atoms with Crippen LogP contribution in [0.1, 0.15) is 6.92 Å². The molecular weight excluding hydrogens is 426 g/mol. The number of thioether (sulfide) groups is 1. The van der Waals surface area contributed by atoms with E-state index in [4.69, 9.17) is 21.1 Å². The molecule has 0 saturated heterocycles. The molecule has 1 amide bonds. The molecule has 0 bridgehead atoms. The van der Waals surface area contributed by atoms with Crippen molar-refractivity contribution in [3.05, 3.63) is 53.6 Å². The first-order valence-corrected chi connectivity index (χ1v) is 10.8. The number of fused-ring (bicyclic) bond motifs is 1. The van der Waals surface area contributed by atoms with Crippen LogP contribution < -0.4 is 9.47 Å². The Labute approximate surface area is 183 Å². The zero-order valence-corrected chi connectivity index (χ0v) is 17.8. The van der Waals surface area contributed by atoms with Crippen LogP contribution in [0.15, 0.2) is 53.7 Å². The number of tetrazole rings is 1. The van der Waals surface area contributed by atoms with Crippen molar-refractivity contribution >= 4 is 29.3 Å². The minimum atomic E-state index is -0.217. The van der Waals surface area contributed by atoms with Crippen LogP contribution >= 0.6 is 23.4 Å². The molecule has 1 unspecified atom stereocenters. The van der Waals surface area contributed by atoms with E-state index in [9.17, 15) is 4.79 Å². The van der Waals surface area contributed by atoms with Gasteiger partial charge in [0.2, 0.25) is 11.1 Å². The minimum absolute atomic E-state index is 0.0226. The normalized spacial score (nSPS) is 15.1. The number of carbonyl (C=O) groups is 1. The quantitative estimate of drug-likeness (QED) is 0.517. The maximum Gasteiger partial charge on any atom is 0.233 e. The molecule has 10 heteroatoms. The van der Waals surface area contributed by atoms with Crippen LogP contribution in [0.3, 0.4) is 0 Å². The number of likely N-dealkylation sites (N-methyl/N-ethyl adjacent to an activating group) is 1. The van der Waals surface area contributed by atoms with Crippen LogP contribution in [0.4, 0.5) is 0 Å². The van der Waals surface area contributed by atoms with Gasteiger partial charge in [-0.25, -0.2) is 0 Å². The summed E-state index contributed by atoms with van der Waals surface area (Å²) in [6, 6.07) is 14.8. The van der Waals surface area contributed by atoms with Gasteiger partial charge in [0.15, 0.2) is 17.6 Å². The standard InChI is InChI=1S/C20H20ClN5O3S/c1-2-25(11-16-12-28-17-8-3-4-9-18(17)29-16)19(27)13-30-20-22-23-24-26(20)15-7-5-6-14(21)10-15/h3-10,16H,2,11-13H2,1H3. The zero-order chi connectivity index (χ0) is 20.9. The number of rotatable bonds is 7. The van der Waals surface area contributed by atoms with Crippen molar-refractivity contribution in [1.29, 1.82) is 0 Å². The van der Waals surface area contributed by atoms with E-state index in [2.05, 4.69) is 15.5 Å². The lowest BCUT2D eigenvalue weighted by Gasteiger charge is -2.30. The predicted octanol–water partition coefficient (Wildman–Crippen LogP) is 3.10. The smallest absolute Gasteiger partial charge is 0.233 e. The molecule has 0 aliphatic carbocycles. The summed E-state index contributed by atoms with van der Waals surface area (Å²) in [5, 5.41) is 12.9. The molecule has 0 fully saturated rings. The Morgan fingerprint density at radius 3 is 2.90 bits per heavy atom. The second kappa shape index (κ2) is 9.36. The summed E-state index contributed by atoms with van der Waals surface area (Å²) in [5.41, 5.74) is 0.737. The molecule has 1 aliphatic heterocycles.